The second kappa shape index (κ2) is 6.91. The molecule has 0 aromatic heterocycles. The molecule has 1 saturated heterocycles. The number of rotatable bonds is 5. The van der Waals surface area contributed by atoms with Gasteiger partial charge in [0.1, 0.15) is 0 Å². The molecule has 1 aromatic rings. The number of hydrogen-bond donors (Lipinski definition) is 2. The predicted molar refractivity (Wildman–Crippen MR) is 84.5 cm³/mol. The number of carboxylic acids is 1. The van der Waals surface area contributed by atoms with Crippen molar-refractivity contribution < 1.29 is 19.5 Å². The average Bonchev–Trinajstić information content (AvgIpc) is 2.80. The summed E-state index contributed by atoms with van der Waals surface area (Å²) in [6.45, 7) is 1.94. The Morgan fingerprint density at radius 2 is 2.23 bits per heavy atom. The summed E-state index contributed by atoms with van der Waals surface area (Å²) in [5.74, 6) is -1.81. The third-order valence-electron chi connectivity index (χ3n) is 3.49. The minimum absolute atomic E-state index is 0.107. The smallest absolute Gasteiger partial charge is 0.305 e. The highest BCUT2D eigenvalue weighted by atomic mass is 79.9. The van der Waals surface area contributed by atoms with Gasteiger partial charge in [0.2, 0.25) is 11.8 Å². The molecular formula is C15H17BrN2O4. The van der Waals surface area contributed by atoms with Crippen LogP contribution in [0.3, 0.4) is 0 Å². The molecule has 2 atom stereocenters. The SMILES string of the molecule is CC(CC(=O)O)NC(=O)C1CC(=O)N(c2cccc(Br)c2)C1. The van der Waals surface area contributed by atoms with Crippen molar-refractivity contribution in [1.29, 1.82) is 0 Å². The lowest BCUT2D eigenvalue weighted by Gasteiger charge is -2.18. The topological polar surface area (TPSA) is 86.7 Å². The van der Waals surface area contributed by atoms with Crippen molar-refractivity contribution in [1.82, 2.24) is 5.32 Å². The predicted octanol–water partition coefficient (Wildman–Crippen LogP) is 1.78. The summed E-state index contributed by atoms with van der Waals surface area (Å²) in [6, 6.07) is 6.87. The molecule has 0 spiro atoms. The van der Waals surface area contributed by atoms with E-state index in [2.05, 4.69) is 21.2 Å². The minimum atomic E-state index is -0.967. The standard InChI is InChI=1S/C15H17BrN2O4/c1-9(5-14(20)21)17-15(22)10-6-13(19)18(8-10)12-4-2-3-11(16)7-12/h2-4,7,9-10H,5-6,8H2,1H3,(H,17,22)(H,20,21). The van der Waals surface area contributed by atoms with Gasteiger partial charge in [0.05, 0.1) is 12.3 Å². The van der Waals surface area contributed by atoms with Crippen LogP contribution in [0.25, 0.3) is 0 Å². The maximum atomic E-state index is 12.1. The molecule has 22 heavy (non-hydrogen) atoms. The highest BCUT2D eigenvalue weighted by Crippen LogP contribution is 2.27. The largest absolute Gasteiger partial charge is 0.481 e. The zero-order chi connectivity index (χ0) is 16.3. The van der Waals surface area contributed by atoms with Gasteiger partial charge in [-0.05, 0) is 25.1 Å². The molecule has 0 bridgehead atoms. The second-order valence-electron chi connectivity index (χ2n) is 5.39. The Kier molecular flexibility index (Phi) is 5.18. The number of nitrogens with zero attached hydrogens (tertiary/aromatic N) is 1. The van der Waals surface area contributed by atoms with E-state index in [0.29, 0.717) is 6.54 Å². The Balaban J connectivity index is 2.00. The van der Waals surface area contributed by atoms with Crippen molar-refractivity contribution in [3.8, 4) is 0 Å². The summed E-state index contributed by atoms with van der Waals surface area (Å²) < 4.78 is 0.862. The lowest BCUT2D eigenvalue weighted by atomic mass is 10.1. The van der Waals surface area contributed by atoms with Crippen LogP contribution in [0.1, 0.15) is 19.8 Å². The van der Waals surface area contributed by atoms with E-state index in [1.54, 1.807) is 11.8 Å². The molecule has 1 aliphatic heterocycles. The molecule has 0 saturated carbocycles. The first kappa shape index (κ1) is 16.5. The fourth-order valence-corrected chi connectivity index (χ4v) is 2.84. The summed E-state index contributed by atoms with van der Waals surface area (Å²) in [5, 5.41) is 11.4. The van der Waals surface area contributed by atoms with Crippen LogP contribution in [0.2, 0.25) is 0 Å². The molecule has 2 N–H and O–H groups in total. The van der Waals surface area contributed by atoms with Gasteiger partial charge in [-0.3, -0.25) is 14.4 Å². The average molecular weight is 369 g/mol. The molecular weight excluding hydrogens is 352 g/mol. The summed E-state index contributed by atoms with van der Waals surface area (Å²) >= 11 is 3.36. The number of nitrogens with one attached hydrogen (secondary N) is 1. The fraction of sp³-hybridized carbons (Fsp3) is 0.400. The van der Waals surface area contributed by atoms with E-state index in [9.17, 15) is 14.4 Å². The van der Waals surface area contributed by atoms with Gasteiger partial charge in [-0.25, -0.2) is 0 Å². The van der Waals surface area contributed by atoms with Crippen LogP contribution >= 0.6 is 15.9 Å². The van der Waals surface area contributed by atoms with Gasteiger partial charge in [0.15, 0.2) is 0 Å². The van der Waals surface area contributed by atoms with E-state index < -0.39 is 17.9 Å². The van der Waals surface area contributed by atoms with E-state index in [1.165, 1.54) is 0 Å². The molecule has 2 amide bonds. The van der Waals surface area contributed by atoms with Crippen LogP contribution in [0.5, 0.6) is 0 Å². The molecule has 1 heterocycles. The second-order valence-corrected chi connectivity index (χ2v) is 6.31. The van der Waals surface area contributed by atoms with Crippen LogP contribution in [-0.4, -0.2) is 35.5 Å². The Morgan fingerprint density at radius 1 is 1.50 bits per heavy atom. The normalized spacial score (nSPS) is 19.1. The highest BCUT2D eigenvalue weighted by Gasteiger charge is 2.35. The maximum absolute atomic E-state index is 12.1. The number of carbonyl (C=O) groups excluding carboxylic acids is 2. The van der Waals surface area contributed by atoms with Crippen molar-refractivity contribution in [3.05, 3.63) is 28.7 Å². The molecule has 2 rings (SSSR count). The van der Waals surface area contributed by atoms with Crippen LogP contribution in [0.15, 0.2) is 28.7 Å². The van der Waals surface area contributed by atoms with Crippen molar-refractivity contribution >= 4 is 39.4 Å². The molecule has 7 heteroatoms. The van der Waals surface area contributed by atoms with Gasteiger partial charge in [0, 0.05) is 29.2 Å². The number of halogens is 1. The minimum Gasteiger partial charge on any atom is -0.481 e. The first-order chi connectivity index (χ1) is 10.4. The lowest BCUT2D eigenvalue weighted by molar-refractivity contribution is -0.137. The van der Waals surface area contributed by atoms with Crippen molar-refractivity contribution in [2.24, 2.45) is 5.92 Å². The van der Waals surface area contributed by atoms with Gasteiger partial charge >= 0.3 is 5.97 Å². The Bertz CT molecular complexity index is 605. The molecule has 6 nitrogen and oxygen atoms in total. The van der Waals surface area contributed by atoms with Gasteiger partial charge in [-0.2, -0.15) is 0 Å². The van der Waals surface area contributed by atoms with E-state index in [-0.39, 0.29) is 24.7 Å². The quantitative estimate of drug-likeness (QED) is 0.829. The van der Waals surface area contributed by atoms with E-state index in [4.69, 9.17) is 5.11 Å². The van der Waals surface area contributed by atoms with E-state index in [1.807, 2.05) is 24.3 Å². The number of carboxylic acid groups (broad SMARTS) is 1. The Morgan fingerprint density at radius 3 is 2.86 bits per heavy atom. The van der Waals surface area contributed by atoms with Gasteiger partial charge in [-0.1, -0.05) is 22.0 Å². The molecule has 1 aromatic carbocycles. The summed E-state index contributed by atoms with van der Waals surface area (Å²) in [7, 11) is 0. The zero-order valence-electron chi connectivity index (χ0n) is 12.1. The number of benzene rings is 1. The van der Waals surface area contributed by atoms with E-state index in [0.717, 1.165) is 10.2 Å². The Labute approximate surface area is 136 Å². The first-order valence-corrected chi connectivity index (χ1v) is 7.74. The zero-order valence-corrected chi connectivity index (χ0v) is 13.7. The van der Waals surface area contributed by atoms with Crippen LogP contribution in [0, 0.1) is 5.92 Å². The third-order valence-corrected chi connectivity index (χ3v) is 3.98. The molecule has 1 aliphatic rings. The monoisotopic (exact) mass is 368 g/mol. The maximum Gasteiger partial charge on any atom is 0.305 e. The summed E-state index contributed by atoms with van der Waals surface area (Å²) in [4.78, 5) is 36.4. The highest BCUT2D eigenvalue weighted by molar-refractivity contribution is 9.10. The Hall–Kier alpha value is -1.89. The van der Waals surface area contributed by atoms with Gasteiger partial charge in [0.25, 0.3) is 0 Å². The van der Waals surface area contributed by atoms with Crippen molar-refractivity contribution in [2.75, 3.05) is 11.4 Å². The van der Waals surface area contributed by atoms with Crippen molar-refractivity contribution in [3.63, 3.8) is 0 Å². The molecule has 0 aliphatic carbocycles. The molecule has 0 radical (unpaired) electrons. The van der Waals surface area contributed by atoms with Gasteiger partial charge in [-0.15, -0.1) is 0 Å². The first-order valence-electron chi connectivity index (χ1n) is 6.95. The van der Waals surface area contributed by atoms with Crippen molar-refractivity contribution in [2.45, 2.75) is 25.8 Å². The van der Waals surface area contributed by atoms with Crippen LogP contribution in [-0.2, 0) is 14.4 Å². The van der Waals surface area contributed by atoms with E-state index >= 15 is 0 Å². The summed E-state index contributed by atoms with van der Waals surface area (Å²) in [5.41, 5.74) is 0.744. The van der Waals surface area contributed by atoms with Crippen LogP contribution < -0.4 is 10.2 Å². The lowest BCUT2D eigenvalue weighted by Crippen LogP contribution is -2.39. The number of carbonyl (C=O) groups is 3. The number of amides is 2. The van der Waals surface area contributed by atoms with Crippen LogP contribution in [0.4, 0.5) is 5.69 Å². The molecule has 1 fully saturated rings. The van der Waals surface area contributed by atoms with Gasteiger partial charge < -0.3 is 15.3 Å². The summed E-state index contributed by atoms with van der Waals surface area (Å²) in [6.07, 6.45) is -0.000108. The molecule has 2 unspecified atom stereocenters. The number of anilines is 1. The number of hydrogen-bond acceptors (Lipinski definition) is 3. The molecule has 118 valence electrons. The fourth-order valence-electron chi connectivity index (χ4n) is 2.45. The third kappa shape index (κ3) is 4.07. The number of aliphatic carboxylic acids is 1.